The molecule has 2 amide bonds. The molecule has 2 aromatic rings. The van der Waals surface area contributed by atoms with E-state index in [1.54, 1.807) is 37.3 Å². The van der Waals surface area contributed by atoms with Crippen LogP contribution in [-0.2, 0) is 4.79 Å². The average molecular weight is 381 g/mol. The minimum atomic E-state index is -0.326. The van der Waals surface area contributed by atoms with Gasteiger partial charge in [-0.2, -0.15) is 0 Å². The Hall–Kier alpha value is -2.24. The molecule has 0 fully saturated rings. The number of para-hydroxylation sites is 2. The predicted octanol–water partition coefficient (Wildman–Crippen LogP) is 4.10. The Morgan fingerprint density at radius 1 is 1.12 bits per heavy atom. The van der Waals surface area contributed by atoms with Gasteiger partial charge >= 0.3 is 0 Å². The summed E-state index contributed by atoms with van der Waals surface area (Å²) in [5.74, 6) is -0.0956. The van der Waals surface area contributed by atoms with Gasteiger partial charge in [0.05, 0.1) is 12.8 Å². The van der Waals surface area contributed by atoms with Crippen molar-refractivity contribution in [1.29, 1.82) is 0 Å². The van der Waals surface area contributed by atoms with Crippen LogP contribution in [0.3, 0.4) is 0 Å². The molecule has 0 aliphatic rings. The fourth-order valence-electron chi connectivity index (χ4n) is 2.30. The van der Waals surface area contributed by atoms with Crippen LogP contribution in [0.5, 0.6) is 5.75 Å². The van der Waals surface area contributed by atoms with Gasteiger partial charge in [-0.05, 0) is 37.3 Å². The maximum Gasteiger partial charge on any atom is 0.254 e. The number of anilines is 1. The lowest BCUT2D eigenvalue weighted by atomic mass is 10.2. The maximum atomic E-state index is 12.6. The number of hydrogen-bond donors (Lipinski definition) is 1. The first-order valence-electron chi connectivity index (χ1n) is 7.62. The summed E-state index contributed by atoms with van der Waals surface area (Å²) in [6.45, 7) is 2.06. The molecule has 2 aromatic carbocycles. The Kier molecular flexibility index (Phi) is 6.67. The quantitative estimate of drug-likeness (QED) is 0.820. The highest BCUT2D eigenvalue weighted by Crippen LogP contribution is 2.23. The third kappa shape index (κ3) is 5.11. The van der Waals surface area contributed by atoms with Crippen LogP contribution < -0.4 is 10.1 Å². The lowest BCUT2D eigenvalue weighted by Crippen LogP contribution is -2.37. The Labute approximate surface area is 156 Å². The van der Waals surface area contributed by atoms with Crippen molar-refractivity contribution in [3.05, 3.63) is 58.1 Å². The number of nitrogens with one attached hydrogen (secondary N) is 1. The zero-order valence-electron chi connectivity index (χ0n) is 13.9. The molecular formula is C18H18Cl2N2O3. The normalized spacial score (nSPS) is 10.2. The number of hydrogen-bond acceptors (Lipinski definition) is 3. The van der Waals surface area contributed by atoms with Crippen molar-refractivity contribution >= 4 is 40.7 Å². The number of carbonyl (C=O) groups is 2. The second kappa shape index (κ2) is 8.74. The summed E-state index contributed by atoms with van der Waals surface area (Å²) in [5, 5.41) is 3.48. The van der Waals surface area contributed by atoms with Gasteiger partial charge in [0.1, 0.15) is 12.3 Å². The van der Waals surface area contributed by atoms with Gasteiger partial charge in [-0.1, -0.05) is 35.3 Å². The molecule has 132 valence electrons. The van der Waals surface area contributed by atoms with Gasteiger partial charge < -0.3 is 15.0 Å². The van der Waals surface area contributed by atoms with E-state index in [9.17, 15) is 9.59 Å². The van der Waals surface area contributed by atoms with E-state index >= 15 is 0 Å². The van der Waals surface area contributed by atoms with Crippen molar-refractivity contribution < 1.29 is 14.3 Å². The SMILES string of the molecule is CCN(CC(=O)Nc1ccccc1OC)C(=O)c1cc(Cl)cc(Cl)c1. The molecule has 0 heterocycles. The lowest BCUT2D eigenvalue weighted by Gasteiger charge is -2.21. The predicted molar refractivity (Wildman–Crippen MR) is 99.7 cm³/mol. The van der Waals surface area contributed by atoms with Crippen LogP contribution in [0.1, 0.15) is 17.3 Å². The second-order valence-corrected chi connectivity index (χ2v) is 6.10. The first kappa shape index (κ1) is 19.1. The molecule has 0 unspecified atom stereocenters. The van der Waals surface area contributed by atoms with Crippen molar-refractivity contribution in [3.8, 4) is 5.75 Å². The first-order chi connectivity index (χ1) is 11.9. The molecule has 2 rings (SSSR count). The van der Waals surface area contributed by atoms with E-state index in [0.29, 0.717) is 33.6 Å². The molecule has 0 aliphatic carbocycles. The van der Waals surface area contributed by atoms with Crippen LogP contribution in [0.25, 0.3) is 0 Å². The van der Waals surface area contributed by atoms with E-state index in [1.807, 2.05) is 0 Å². The number of nitrogens with zero attached hydrogens (tertiary/aromatic N) is 1. The molecule has 0 atom stereocenters. The molecule has 0 saturated carbocycles. The third-order valence-electron chi connectivity index (χ3n) is 3.49. The van der Waals surface area contributed by atoms with Gasteiger partial charge in [-0.3, -0.25) is 9.59 Å². The molecular weight excluding hydrogens is 363 g/mol. The van der Waals surface area contributed by atoms with Crippen LogP contribution in [-0.4, -0.2) is 36.9 Å². The third-order valence-corrected chi connectivity index (χ3v) is 3.93. The van der Waals surface area contributed by atoms with Crippen LogP contribution in [0, 0.1) is 0 Å². The highest BCUT2D eigenvalue weighted by molar-refractivity contribution is 6.35. The van der Waals surface area contributed by atoms with E-state index < -0.39 is 0 Å². The van der Waals surface area contributed by atoms with Gasteiger partial charge in [0.2, 0.25) is 5.91 Å². The highest BCUT2D eigenvalue weighted by atomic mass is 35.5. The fourth-order valence-corrected chi connectivity index (χ4v) is 2.82. The number of halogens is 2. The lowest BCUT2D eigenvalue weighted by molar-refractivity contribution is -0.116. The van der Waals surface area contributed by atoms with E-state index in [-0.39, 0.29) is 18.4 Å². The van der Waals surface area contributed by atoms with E-state index in [1.165, 1.54) is 24.1 Å². The smallest absolute Gasteiger partial charge is 0.254 e. The van der Waals surface area contributed by atoms with Crippen molar-refractivity contribution in [2.45, 2.75) is 6.92 Å². The van der Waals surface area contributed by atoms with Gasteiger partial charge in [-0.15, -0.1) is 0 Å². The average Bonchev–Trinajstić information content (AvgIpc) is 2.58. The maximum absolute atomic E-state index is 12.6. The zero-order valence-corrected chi connectivity index (χ0v) is 15.4. The summed E-state index contributed by atoms with van der Waals surface area (Å²) in [6.07, 6.45) is 0. The standard InChI is InChI=1S/C18H18Cl2N2O3/c1-3-22(18(24)12-8-13(19)10-14(20)9-12)11-17(23)21-15-6-4-5-7-16(15)25-2/h4-10H,3,11H2,1-2H3,(H,21,23). The van der Waals surface area contributed by atoms with Crippen LogP contribution >= 0.6 is 23.2 Å². The molecule has 0 saturated heterocycles. The molecule has 0 radical (unpaired) electrons. The molecule has 7 heteroatoms. The Morgan fingerprint density at radius 2 is 1.76 bits per heavy atom. The molecule has 0 bridgehead atoms. The molecule has 0 aromatic heterocycles. The van der Waals surface area contributed by atoms with Crippen LogP contribution in [0.15, 0.2) is 42.5 Å². The van der Waals surface area contributed by atoms with E-state index in [4.69, 9.17) is 27.9 Å². The van der Waals surface area contributed by atoms with Gasteiger partial charge in [-0.25, -0.2) is 0 Å². The summed E-state index contributed by atoms with van der Waals surface area (Å²) in [6, 6.07) is 11.7. The number of methoxy groups -OCH3 is 1. The molecule has 1 N–H and O–H groups in total. The Morgan fingerprint density at radius 3 is 2.36 bits per heavy atom. The number of ether oxygens (including phenoxy) is 1. The summed E-state index contributed by atoms with van der Waals surface area (Å²) < 4.78 is 5.20. The summed E-state index contributed by atoms with van der Waals surface area (Å²) >= 11 is 11.9. The molecule has 5 nitrogen and oxygen atoms in total. The second-order valence-electron chi connectivity index (χ2n) is 5.23. The van der Waals surface area contributed by atoms with Crippen molar-refractivity contribution in [3.63, 3.8) is 0 Å². The molecule has 25 heavy (non-hydrogen) atoms. The van der Waals surface area contributed by atoms with Crippen LogP contribution in [0.4, 0.5) is 5.69 Å². The Balaban J connectivity index is 2.10. The zero-order chi connectivity index (χ0) is 18.4. The van der Waals surface area contributed by atoms with Crippen molar-refractivity contribution in [2.24, 2.45) is 0 Å². The minimum absolute atomic E-state index is 0.0997. The summed E-state index contributed by atoms with van der Waals surface area (Å²) in [7, 11) is 1.52. The number of carbonyl (C=O) groups excluding carboxylic acids is 2. The van der Waals surface area contributed by atoms with E-state index in [0.717, 1.165) is 0 Å². The Bertz CT molecular complexity index is 760. The summed E-state index contributed by atoms with van der Waals surface area (Å²) in [4.78, 5) is 26.3. The van der Waals surface area contributed by atoms with Crippen LogP contribution in [0.2, 0.25) is 10.0 Å². The van der Waals surface area contributed by atoms with E-state index in [2.05, 4.69) is 5.32 Å². The van der Waals surface area contributed by atoms with Gasteiger partial charge in [0, 0.05) is 22.2 Å². The number of benzene rings is 2. The van der Waals surface area contributed by atoms with Crippen molar-refractivity contribution in [2.75, 3.05) is 25.5 Å². The molecule has 0 aliphatic heterocycles. The monoisotopic (exact) mass is 380 g/mol. The van der Waals surface area contributed by atoms with Crippen molar-refractivity contribution in [1.82, 2.24) is 4.90 Å². The minimum Gasteiger partial charge on any atom is -0.495 e. The fraction of sp³-hybridized carbons (Fsp3) is 0.222. The van der Waals surface area contributed by atoms with Gasteiger partial charge in [0.15, 0.2) is 0 Å². The van der Waals surface area contributed by atoms with Gasteiger partial charge in [0.25, 0.3) is 5.91 Å². The number of rotatable bonds is 6. The number of likely N-dealkylation sites (N-methyl/N-ethyl adjacent to an activating group) is 1. The first-order valence-corrected chi connectivity index (χ1v) is 8.38. The summed E-state index contributed by atoms with van der Waals surface area (Å²) in [5.41, 5.74) is 0.883. The number of amides is 2. The highest BCUT2D eigenvalue weighted by Gasteiger charge is 2.19. The molecule has 0 spiro atoms. The largest absolute Gasteiger partial charge is 0.495 e. The topological polar surface area (TPSA) is 58.6 Å².